The van der Waals surface area contributed by atoms with E-state index in [4.69, 9.17) is 4.74 Å². The molecule has 0 N–H and O–H groups in total. The smallest absolute Gasteiger partial charge is 0.375 e. The Morgan fingerprint density at radius 2 is 1.79 bits per heavy atom. The summed E-state index contributed by atoms with van der Waals surface area (Å²) >= 11 is 0. The number of hydrogen-bond donors (Lipinski definition) is 0. The van der Waals surface area contributed by atoms with Crippen LogP contribution in [0.15, 0.2) is 24.3 Å². The highest BCUT2D eigenvalue weighted by Crippen LogP contribution is 2.10. The first-order chi connectivity index (χ1) is 8.69. The molecule has 19 heavy (non-hydrogen) atoms. The normalized spacial score (nSPS) is 10.9. The number of ketones is 2. The van der Waals surface area contributed by atoms with Crippen LogP contribution in [0.25, 0.3) is 0 Å². The van der Waals surface area contributed by atoms with Crippen LogP contribution in [-0.4, -0.2) is 23.1 Å². The molecule has 0 unspecified atom stereocenters. The molecule has 0 aromatic heterocycles. The summed E-state index contributed by atoms with van der Waals surface area (Å²) in [6.45, 7) is 6.86. The molecule has 0 saturated carbocycles. The van der Waals surface area contributed by atoms with Gasteiger partial charge in [-0.25, -0.2) is 4.79 Å². The zero-order chi connectivity index (χ0) is 14.6. The van der Waals surface area contributed by atoms with Crippen molar-refractivity contribution in [3.05, 3.63) is 35.4 Å². The average molecular weight is 262 g/mol. The van der Waals surface area contributed by atoms with Gasteiger partial charge in [-0.3, -0.25) is 9.59 Å². The number of benzene rings is 1. The molecule has 0 aliphatic rings. The van der Waals surface area contributed by atoms with Crippen LogP contribution >= 0.6 is 0 Å². The molecule has 4 heteroatoms. The second kappa shape index (κ2) is 5.78. The summed E-state index contributed by atoms with van der Waals surface area (Å²) in [4.78, 5) is 34.9. The predicted octanol–water partition coefficient (Wildman–Crippen LogP) is 2.48. The largest absolute Gasteiger partial charge is 0.454 e. The third-order valence-corrected chi connectivity index (χ3v) is 2.29. The van der Waals surface area contributed by atoms with E-state index in [1.165, 1.54) is 0 Å². The van der Waals surface area contributed by atoms with E-state index < -0.39 is 23.8 Å². The lowest BCUT2D eigenvalue weighted by Gasteiger charge is -2.18. The maximum absolute atomic E-state index is 11.8. The molecule has 0 aliphatic carbocycles. The molecule has 102 valence electrons. The van der Waals surface area contributed by atoms with Crippen LogP contribution in [0.4, 0.5) is 0 Å². The van der Waals surface area contributed by atoms with Crippen molar-refractivity contribution >= 4 is 17.5 Å². The van der Waals surface area contributed by atoms with Gasteiger partial charge in [0.2, 0.25) is 5.78 Å². The lowest BCUT2D eigenvalue weighted by Crippen LogP contribution is -2.30. The van der Waals surface area contributed by atoms with E-state index in [0.29, 0.717) is 5.56 Å². The number of carbonyl (C=O) groups is 3. The lowest BCUT2D eigenvalue weighted by molar-refractivity contribution is -0.162. The lowest BCUT2D eigenvalue weighted by atomic mass is 10.0. The second-order valence-corrected chi connectivity index (χ2v) is 5.39. The van der Waals surface area contributed by atoms with Crippen LogP contribution in [0.5, 0.6) is 0 Å². The first-order valence-electron chi connectivity index (χ1n) is 6.05. The summed E-state index contributed by atoms with van der Waals surface area (Å²) in [5, 5.41) is 0. The molecule has 0 bridgehead atoms. The van der Waals surface area contributed by atoms with Crippen molar-refractivity contribution in [2.45, 2.75) is 39.7 Å². The van der Waals surface area contributed by atoms with Crippen LogP contribution in [0.3, 0.4) is 0 Å². The van der Waals surface area contributed by atoms with Gasteiger partial charge in [-0.2, -0.15) is 0 Å². The van der Waals surface area contributed by atoms with Gasteiger partial charge in [0.05, 0.1) is 6.42 Å². The van der Waals surface area contributed by atoms with E-state index in [-0.39, 0.29) is 5.78 Å². The molecule has 1 aromatic rings. The number of carbonyl (C=O) groups excluding carboxylic acids is 3. The number of Topliss-reactive ketones (excluding diaryl/α,β-unsaturated/α-hetero) is 2. The van der Waals surface area contributed by atoms with Crippen LogP contribution in [-0.2, 0) is 14.3 Å². The fourth-order valence-corrected chi connectivity index (χ4v) is 1.47. The molecule has 4 nitrogen and oxygen atoms in total. The summed E-state index contributed by atoms with van der Waals surface area (Å²) in [6.07, 6.45) is -0.460. The number of esters is 1. The minimum atomic E-state index is -0.964. The number of rotatable bonds is 4. The topological polar surface area (TPSA) is 60.4 Å². The Kier molecular flexibility index (Phi) is 4.59. The van der Waals surface area contributed by atoms with E-state index in [0.717, 1.165) is 5.56 Å². The molecule has 1 rings (SSSR count). The number of aryl methyl sites for hydroxylation is 1. The van der Waals surface area contributed by atoms with Crippen molar-refractivity contribution in [2.75, 3.05) is 0 Å². The minimum absolute atomic E-state index is 0.375. The molecule has 0 spiro atoms. The van der Waals surface area contributed by atoms with Crippen molar-refractivity contribution in [3.63, 3.8) is 0 Å². The summed E-state index contributed by atoms with van der Waals surface area (Å²) < 4.78 is 4.92. The first-order valence-corrected chi connectivity index (χ1v) is 6.05. The van der Waals surface area contributed by atoms with Gasteiger partial charge in [-0.1, -0.05) is 23.8 Å². The van der Waals surface area contributed by atoms with E-state index in [2.05, 4.69) is 0 Å². The Labute approximate surface area is 112 Å². The summed E-state index contributed by atoms with van der Waals surface area (Å²) in [7, 11) is 0. The fourth-order valence-electron chi connectivity index (χ4n) is 1.47. The molecule has 0 atom stereocenters. The maximum atomic E-state index is 11.8. The molecule has 0 heterocycles. The third kappa shape index (κ3) is 5.04. The molecule has 0 radical (unpaired) electrons. The Bertz CT molecular complexity index is 509. The highest BCUT2D eigenvalue weighted by Gasteiger charge is 2.25. The fraction of sp³-hybridized carbons (Fsp3) is 0.400. The molecular weight excluding hydrogens is 244 g/mol. The Morgan fingerprint density at radius 3 is 2.32 bits per heavy atom. The van der Waals surface area contributed by atoms with Crippen molar-refractivity contribution in [1.29, 1.82) is 0 Å². The van der Waals surface area contributed by atoms with Crippen LogP contribution in [0.1, 0.15) is 43.1 Å². The zero-order valence-electron chi connectivity index (χ0n) is 11.6. The van der Waals surface area contributed by atoms with Gasteiger partial charge in [0, 0.05) is 5.56 Å². The average Bonchev–Trinajstić information content (AvgIpc) is 2.26. The Balaban J connectivity index is 2.67. The van der Waals surface area contributed by atoms with Gasteiger partial charge in [-0.05, 0) is 33.8 Å². The van der Waals surface area contributed by atoms with Gasteiger partial charge >= 0.3 is 5.97 Å². The molecular formula is C15H18O4. The van der Waals surface area contributed by atoms with Crippen LogP contribution < -0.4 is 0 Å². The summed E-state index contributed by atoms with van der Waals surface area (Å²) in [5.74, 6) is -2.16. The second-order valence-electron chi connectivity index (χ2n) is 5.39. The van der Waals surface area contributed by atoms with Gasteiger partial charge in [0.1, 0.15) is 5.60 Å². The van der Waals surface area contributed by atoms with Gasteiger partial charge < -0.3 is 4.74 Å². The van der Waals surface area contributed by atoms with E-state index in [1.54, 1.807) is 39.0 Å². The van der Waals surface area contributed by atoms with E-state index in [1.807, 2.05) is 13.0 Å². The summed E-state index contributed by atoms with van der Waals surface area (Å²) in [5.41, 5.74) is 0.617. The van der Waals surface area contributed by atoms with Crippen molar-refractivity contribution < 1.29 is 19.1 Å². The summed E-state index contributed by atoms with van der Waals surface area (Å²) in [6, 6.07) is 6.90. The Morgan fingerprint density at radius 1 is 1.16 bits per heavy atom. The van der Waals surface area contributed by atoms with Gasteiger partial charge in [0.25, 0.3) is 0 Å². The van der Waals surface area contributed by atoms with Crippen LogP contribution in [0.2, 0.25) is 0 Å². The van der Waals surface area contributed by atoms with E-state index in [9.17, 15) is 14.4 Å². The molecule has 0 fully saturated rings. The quantitative estimate of drug-likeness (QED) is 0.362. The van der Waals surface area contributed by atoms with Gasteiger partial charge in [-0.15, -0.1) is 0 Å². The predicted molar refractivity (Wildman–Crippen MR) is 71.0 cm³/mol. The van der Waals surface area contributed by atoms with Gasteiger partial charge in [0.15, 0.2) is 5.78 Å². The first kappa shape index (κ1) is 15.1. The Hall–Kier alpha value is -1.97. The highest BCUT2D eigenvalue weighted by molar-refractivity contribution is 6.38. The third-order valence-electron chi connectivity index (χ3n) is 2.29. The standard InChI is InChI=1S/C15H18O4/c1-10-6-5-7-11(8-10)12(16)9-13(17)14(18)19-15(2,3)4/h5-8H,9H2,1-4H3. The van der Waals surface area contributed by atoms with Crippen molar-refractivity contribution in [3.8, 4) is 0 Å². The van der Waals surface area contributed by atoms with Crippen molar-refractivity contribution in [2.24, 2.45) is 0 Å². The van der Waals surface area contributed by atoms with Crippen LogP contribution in [0, 0.1) is 6.92 Å². The zero-order valence-corrected chi connectivity index (χ0v) is 11.6. The molecule has 0 amide bonds. The monoisotopic (exact) mass is 262 g/mol. The van der Waals surface area contributed by atoms with E-state index >= 15 is 0 Å². The van der Waals surface area contributed by atoms with Crippen molar-refractivity contribution in [1.82, 2.24) is 0 Å². The maximum Gasteiger partial charge on any atom is 0.375 e. The number of hydrogen-bond acceptors (Lipinski definition) is 4. The number of ether oxygens (including phenoxy) is 1. The minimum Gasteiger partial charge on any atom is -0.454 e. The SMILES string of the molecule is Cc1cccc(C(=O)CC(=O)C(=O)OC(C)(C)C)c1. The molecule has 0 aliphatic heterocycles. The molecule has 1 aromatic carbocycles. The molecule has 0 saturated heterocycles. The highest BCUT2D eigenvalue weighted by atomic mass is 16.6.